The average Bonchev–Trinajstić information content (AvgIpc) is 2.91. The van der Waals surface area contributed by atoms with Crippen LogP contribution in [0.25, 0.3) is 0 Å². The normalized spacial score (nSPS) is 11.0. The van der Waals surface area contributed by atoms with Crippen LogP contribution in [0, 0.1) is 6.92 Å². The van der Waals surface area contributed by atoms with Gasteiger partial charge < -0.3 is 19.2 Å². The first-order valence-corrected chi connectivity index (χ1v) is 6.61. The van der Waals surface area contributed by atoms with Crippen LogP contribution in [0.3, 0.4) is 0 Å². The summed E-state index contributed by atoms with van der Waals surface area (Å²) in [6.45, 7) is 1.02. The van der Waals surface area contributed by atoms with E-state index in [1.54, 1.807) is 6.92 Å². The Morgan fingerprint density at radius 3 is 2.38 bits per heavy atom. The molecule has 6 nitrogen and oxygen atoms in total. The van der Waals surface area contributed by atoms with Crippen molar-refractivity contribution in [3.8, 4) is 5.75 Å². The third kappa shape index (κ3) is 5.04. The molecule has 0 aliphatic rings. The van der Waals surface area contributed by atoms with Crippen molar-refractivity contribution in [2.24, 2.45) is 0 Å². The number of nitrogens with one attached hydrogen (secondary N) is 1. The van der Waals surface area contributed by atoms with E-state index in [2.05, 4.69) is 10.1 Å². The molecule has 1 aromatic carbocycles. The summed E-state index contributed by atoms with van der Waals surface area (Å²) < 4.78 is 49.5. The van der Waals surface area contributed by atoms with Gasteiger partial charge in [-0.15, -0.1) is 13.2 Å². The number of hydrogen-bond acceptors (Lipinski definition) is 5. The van der Waals surface area contributed by atoms with Crippen LogP contribution in [0.15, 0.2) is 41.0 Å². The third-order valence-electron chi connectivity index (χ3n) is 2.78. The van der Waals surface area contributed by atoms with Crippen LogP contribution in [0.1, 0.15) is 16.1 Å². The summed E-state index contributed by atoms with van der Waals surface area (Å²) in [5, 5.41) is 2.37. The molecule has 0 saturated carbocycles. The van der Waals surface area contributed by atoms with Crippen LogP contribution in [0.4, 0.5) is 18.9 Å². The van der Waals surface area contributed by atoms with Crippen molar-refractivity contribution in [3.63, 3.8) is 0 Å². The van der Waals surface area contributed by atoms with Gasteiger partial charge in [-0.2, -0.15) is 0 Å². The van der Waals surface area contributed by atoms with Crippen molar-refractivity contribution in [2.45, 2.75) is 13.3 Å². The van der Waals surface area contributed by atoms with Gasteiger partial charge in [-0.1, -0.05) is 0 Å². The lowest BCUT2D eigenvalue weighted by Crippen LogP contribution is -2.21. The minimum absolute atomic E-state index is 0.205. The summed E-state index contributed by atoms with van der Waals surface area (Å²) in [6, 6.07) is 5.95. The average molecular weight is 343 g/mol. The third-order valence-corrected chi connectivity index (χ3v) is 2.78. The Bertz CT molecular complexity index is 721. The second kappa shape index (κ2) is 7.07. The fraction of sp³-hybridized carbons (Fsp3) is 0.200. The van der Waals surface area contributed by atoms with E-state index in [-0.39, 0.29) is 11.3 Å². The number of alkyl halides is 3. The van der Waals surface area contributed by atoms with E-state index in [0.717, 1.165) is 12.1 Å². The van der Waals surface area contributed by atoms with Crippen molar-refractivity contribution >= 4 is 17.6 Å². The van der Waals surface area contributed by atoms with Gasteiger partial charge in [-0.25, -0.2) is 4.79 Å². The highest BCUT2D eigenvalue weighted by Gasteiger charge is 2.30. The molecule has 0 spiro atoms. The minimum atomic E-state index is -4.79. The lowest BCUT2D eigenvalue weighted by atomic mass is 10.3. The Kier molecular flexibility index (Phi) is 5.12. The first-order valence-electron chi connectivity index (χ1n) is 6.61. The molecule has 0 atom stereocenters. The van der Waals surface area contributed by atoms with E-state index >= 15 is 0 Å². The number of carbonyl (C=O) groups excluding carboxylic acids is 2. The number of esters is 1. The highest BCUT2D eigenvalue weighted by atomic mass is 19.4. The number of ether oxygens (including phenoxy) is 2. The van der Waals surface area contributed by atoms with Crippen molar-refractivity contribution < 1.29 is 36.7 Å². The number of benzene rings is 1. The van der Waals surface area contributed by atoms with Crippen molar-refractivity contribution in [1.82, 2.24) is 0 Å². The quantitative estimate of drug-likeness (QED) is 0.843. The van der Waals surface area contributed by atoms with E-state index in [1.807, 2.05) is 0 Å². The molecule has 0 bridgehead atoms. The maximum Gasteiger partial charge on any atom is 0.573 e. The molecule has 9 heteroatoms. The summed E-state index contributed by atoms with van der Waals surface area (Å²) in [5.74, 6) is -1.41. The van der Waals surface area contributed by atoms with Crippen LogP contribution < -0.4 is 10.1 Å². The molecule has 0 radical (unpaired) electrons. The molecule has 0 fully saturated rings. The number of anilines is 1. The molecule has 2 rings (SSSR count). The van der Waals surface area contributed by atoms with Crippen LogP contribution in [0.5, 0.6) is 5.75 Å². The van der Waals surface area contributed by atoms with Gasteiger partial charge in [0, 0.05) is 5.69 Å². The predicted molar refractivity (Wildman–Crippen MR) is 75.5 cm³/mol. The summed E-state index contributed by atoms with van der Waals surface area (Å²) >= 11 is 0. The first-order chi connectivity index (χ1) is 11.2. The van der Waals surface area contributed by atoms with Gasteiger partial charge in [-0.05, 0) is 37.3 Å². The van der Waals surface area contributed by atoms with Crippen LogP contribution in [-0.2, 0) is 9.53 Å². The van der Waals surface area contributed by atoms with E-state index in [0.29, 0.717) is 5.76 Å². The largest absolute Gasteiger partial charge is 0.573 e. The van der Waals surface area contributed by atoms with E-state index in [1.165, 1.54) is 24.5 Å². The highest BCUT2D eigenvalue weighted by Crippen LogP contribution is 2.23. The maximum atomic E-state index is 12.0. The number of amides is 1. The van der Waals surface area contributed by atoms with Crippen LogP contribution in [0.2, 0.25) is 0 Å². The molecule has 0 aliphatic heterocycles. The van der Waals surface area contributed by atoms with Gasteiger partial charge in [0.05, 0.1) is 6.26 Å². The topological polar surface area (TPSA) is 77.8 Å². The number of aryl methyl sites for hydroxylation is 1. The van der Waals surface area contributed by atoms with Gasteiger partial charge in [0.15, 0.2) is 6.61 Å². The molecular formula is C15H12F3NO5. The highest BCUT2D eigenvalue weighted by molar-refractivity contribution is 5.95. The Morgan fingerprint density at radius 1 is 1.17 bits per heavy atom. The fourth-order valence-electron chi connectivity index (χ4n) is 1.74. The monoisotopic (exact) mass is 343 g/mol. The molecule has 1 N–H and O–H groups in total. The van der Waals surface area contributed by atoms with Gasteiger partial charge in [0.1, 0.15) is 17.1 Å². The molecule has 2 aromatic rings. The van der Waals surface area contributed by atoms with E-state index in [9.17, 15) is 22.8 Å². The van der Waals surface area contributed by atoms with Crippen molar-refractivity contribution in [1.29, 1.82) is 0 Å². The van der Waals surface area contributed by atoms with E-state index < -0.39 is 30.6 Å². The standard InChI is InChI=1S/C15H12F3NO5/c1-9-12(6-7-22-9)14(21)23-8-13(20)19-10-2-4-11(5-3-10)24-15(16,17)18/h2-7H,8H2,1H3,(H,19,20). The number of hydrogen-bond donors (Lipinski definition) is 1. The lowest BCUT2D eigenvalue weighted by Gasteiger charge is -2.10. The Labute approximate surface area is 134 Å². The predicted octanol–water partition coefficient (Wildman–Crippen LogP) is 3.28. The summed E-state index contributed by atoms with van der Waals surface area (Å²) in [7, 11) is 0. The van der Waals surface area contributed by atoms with Gasteiger partial charge in [0.25, 0.3) is 5.91 Å². The van der Waals surface area contributed by atoms with E-state index in [4.69, 9.17) is 9.15 Å². The molecule has 1 aromatic heterocycles. The first kappa shape index (κ1) is 17.4. The zero-order chi connectivity index (χ0) is 17.7. The maximum absolute atomic E-state index is 12.0. The minimum Gasteiger partial charge on any atom is -0.469 e. The molecule has 0 unspecified atom stereocenters. The Hall–Kier alpha value is -2.97. The fourth-order valence-corrected chi connectivity index (χ4v) is 1.74. The Morgan fingerprint density at radius 2 is 1.83 bits per heavy atom. The van der Waals surface area contributed by atoms with Crippen molar-refractivity contribution in [3.05, 3.63) is 47.9 Å². The lowest BCUT2D eigenvalue weighted by molar-refractivity contribution is -0.274. The second-order valence-corrected chi connectivity index (χ2v) is 4.59. The molecule has 128 valence electrons. The van der Waals surface area contributed by atoms with Crippen LogP contribution in [-0.4, -0.2) is 24.8 Å². The number of halogens is 3. The molecule has 1 amide bonds. The molecule has 1 heterocycles. The zero-order valence-electron chi connectivity index (χ0n) is 12.3. The molecule has 0 saturated heterocycles. The number of carbonyl (C=O) groups is 2. The summed E-state index contributed by atoms with van der Waals surface area (Å²) in [5.41, 5.74) is 0.432. The number of rotatable bonds is 5. The summed E-state index contributed by atoms with van der Waals surface area (Å²) in [6.07, 6.45) is -3.47. The molecular weight excluding hydrogens is 331 g/mol. The van der Waals surface area contributed by atoms with Crippen LogP contribution >= 0.6 is 0 Å². The van der Waals surface area contributed by atoms with Gasteiger partial charge in [0.2, 0.25) is 0 Å². The second-order valence-electron chi connectivity index (χ2n) is 4.59. The van der Waals surface area contributed by atoms with Gasteiger partial charge >= 0.3 is 12.3 Å². The van der Waals surface area contributed by atoms with Gasteiger partial charge in [-0.3, -0.25) is 4.79 Å². The number of furan rings is 1. The zero-order valence-corrected chi connectivity index (χ0v) is 12.3. The van der Waals surface area contributed by atoms with Crippen molar-refractivity contribution in [2.75, 3.05) is 11.9 Å². The molecule has 0 aliphatic carbocycles. The SMILES string of the molecule is Cc1occc1C(=O)OCC(=O)Nc1ccc(OC(F)(F)F)cc1. The summed E-state index contributed by atoms with van der Waals surface area (Å²) in [4.78, 5) is 23.3. The molecule has 24 heavy (non-hydrogen) atoms. The smallest absolute Gasteiger partial charge is 0.469 e. The Balaban J connectivity index is 1.84.